The molecule has 2 aliphatic rings. The lowest BCUT2D eigenvalue weighted by Gasteiger charge is -2.25. The molecule has 0 atom stereocenters. The van der Waals surface area contributed by atoms with Crippen LogP contribution in [0.4, 0.5) is 5.69 Å². The Morgan fingerprint density at radius 1 is 1.00 bits per heavy atom. The lowest BCUT2D eigenvalue weighted by Crippen LogP contribution is -2.32. The van der Waals surface area contributed by atoms with Gasteiger partial charge in [-0.2, -0.15) is 0 Å². The average molecular weight is 399 g/mol. The summed E-state index contributed by atoms with van der Waals surface area (Å²) in [5.74, 6) is 0.454. The lowest BCUT2D eigenvalue weighted by atomic mass is 9.94. The highest BCUT2D eigenvalue weighted by Gasteiger charge is 2.31. The molecule has 1 amide bonds. The van der Waals surface area contributed by atoms with Crippen molar-refractivity contribution < 1.29 is 9.59 Å². The van der Waals surface area contributed by atoms with Gasteiger partial charge in [0.05, 0.1) is 5.69 Å². The topological polar surface area (TPSA) is 49.4 Å². The molecule has 1 N–H and O–H groups in total. The molecule has 2 aromatic carbocycles. The molecule has 0 saturated heterocycles. The molecule has 148 valence electrons. The number of benzene rings is 2. The predicted molar refractivity (Wildman–Crippen MR) is 114 cm³/mol. The van der Waals surface area contributed by atoms with Crippen molar-refractivity contribution in [3.8, 4) is 0 Å². The molecule has 0 spiro atoms. The molecule has 0 bridgehead atoms. The molecule has 28 heavy (non-hydrogen) atoms. The van der Waals surface area contributed by atoms with Crippen LogP contribution in [0, 0.1) is 0 Å². The van der Waals surface area contributed by atoms with Crippen LogP contribution in [-0.4, -0.2) is 24.8 Å². The monoisotopic (exact) mass is 398 g/mol. The average Bonchev–Trinajstić information content (AvgIpc) is 3.13. The number of hydrogen-bond acceptors (Lipinski definition) is 3. The zero-order chi connectivity index (χ0) is 18.6. The van der Waals surface area contributed by atoms with E-state index in [-0.39, 0.29) is 24.1 Å². The number of carbonyl (C=O) groups is 2. The molecule has 4 rings (SSSR count). The first kappa shape index (κ1) is 20.6. The van der Waals surface area contributed by atoms with Gasteiger partial charge in [-0.15, -0.1) is 12.4 Å². The number of amides is 1. The Balaban J connectivity index is 0.00000225. The molecule has 0 radical (unpaired) electrons. The molecule has 5 heteroatoms. The number of ketones is 1. The Kier molecular flexibility index (Phi) is 6.87. The van der Waals surface area contributed by atoms with E-state index in [1.807, 2.05) is 23.1 Å². The van der Waals surface area contributed by atoms with Crippen LogP contribution < -0.4 is 10.2 Å². The van der Waals surface area contributed by atoms with Crippen molar-refractivity contribution in [1.82, 2.24) is 5.32 Å². The fourth-order valence-corrected chi connectivity index (χ4v) is 4.13. The molecule has 2 aromatic rings. The summed E-state index contributed by atoms with van der Waals surface area (Å²) in [6.45, 7) is 2.57. The van der Waals surface area contributed by atoms with Gasteiger partial charge in [-0.25, -0.2) is 0 Å². The molecule has 0 aliphatic carbocycles. The van der Waals surface area contributed by atoms with E-state index in [1.54, 1.807) is 0 Å². The van der Waals surface area contributed by atoms with Crippen LogP contribution in [0.2, 0.25) is 0 Å². The van der Waals surface area contributed by atoms with Gasteiger partial charge in [-0.1, -0.05) is 30.3 Å². The number of Topliss-reactive ketones (excluding diaryl/α,β-unsaturated/α-hetero) is 1. The van der Waals surface area contributed by atoms with E-state index in [0.717, 1.165) is 56.6 Å². The summed E-state index contributed by atoms with van der Waals surface area (Å²) >= 11 is 0. The molecule has 0 saturated carbocycles. The van der Waals surface area contributed by atoms with Gasteiger partial charge in [0.1, 0.15) is 0 Å². The van der Waals surface area contributed by atoms with Gasteiger partial charge in [0.2, 0.25) is 5.91 Å². The van der Waals surface area contributed by atoms with E-state index in [1.165, 1.54) is 16.7 Å². The molecule has 2 aliphatic heterocycles. The maximum Gasteiger partial charge on any atom is 0.227 e. The zero-order valence-electron chi connectivity index (χ0n) is 16.1. The third-order valence-electron chi connectivity index (χ3n) is 5.55. The number of unbranched alkanes of at least 4 members (excludes halogenated alkanes) is 1. The van der Waals surface area contributed by atoms with Crippen molar-refractivity contribution >= 4 is 29.8 Å². The highest BCUT2D eigenvalue weighted by Crippen LogP contribution is 2.37. The van der Waals surface area contributed by atoms with Crippen molar-refractivity contribution in [2.24, 2.45) is 0 Å². The van der Waals surface area contributed by atoms with Gasteiger partial charge in [0.15, 0.2) is 5.78 Å². The second kappa shape index (κ2) is 9.35. The number of halogens is 1. The standard InChI is InChI=1S/C23H26N2O2.ClH/c26-21(8-4-5-12-24-16-17-6-2-1-3-7-17)20-14-18-9-10-22(27)25-13-11-19(15-20)23(18)25;/h1-3,6-7,14-15,24H,4-5,8-13,16H2;1H. The van der Waals surface area contributed by atoms with E-state index in [9.17, 15) is 9.59 Å². The summed E-state index contributed by atoms with van der Waals surface area (Å²) in [6, 6.07) is 14.4. The summed E-state index contributed by atoms with van der Waals surface area (Å²) in [5, 5.41) is 3.44. The summed E-state index contributed by atoms with van der Waals surface area (Å²) < 4.78 is 0. The van der Waals surface area contributed by atoms with E-state index in [4.69, 9.17) is 0 Å². The Morgan fingerprint density at radius 2 is 1.75 bits per heavy atom. The van der Waals surface area contributed by atoms with Crippen molar-refractivity contribution in [2.45, 2.75) is 45.1 Å². The number of carbonyl (C=O) groups excluding carboxylic acids is 2. The van der Waals surface area contributed by atoms with Gasteiger partial charge in [-0.05, 0) is 61.1 Å². The van der Waals surface area contributed by atoms with Crippen LogP contribution in [0.3, 0.4) is 0 Å². The molecule has 0 aromatic heterocycles. The fourth-order valence-electron chi connectivity index (χ4n) is 4.13. The molecule has 0 fully saturated rings. The Hall–Kier alpha value is -2.17. The minimum Gasteiger partial charge on any atom is -0.313 e. The predicted octanol–water partition coefficient (Wildman–Crippen LogP) is 4.09. The SMILES string of the molecule is Cl.O=C(CCCCNCc1ccccc1)c1cc2c3c(c1)CCN3C(=O)CC2. The second-order valence-corrected chi connectivity index (χ2v) is 7.48. The largest absolute Gasteiger partial charge is 0.313 e. The maximum atomic E-state index is 12.6. The second-order valence-electron chi connectivity index (χ2n) is 7.48. The fraction of sp³-hybridized carbons (Fsp3) is 0.391. The summed E-state index contributed by atoms with van der Waals surface area (Å²) in [5.41, 5.74) is 5.56. The number of anilines is 1. The van der Waals surface area contributed by atoms with Crippen LogP contribution in [0.1, 0.15) is 52.7 Å². The van der Waals surface area contributed by atoms with Crippen LogP contribution >= 0.6 is 12.4 Å². The highest BCUT2D eigenvalue weighted by atomic mass is 35.5. The summed E-state index contributed by atoms with van der Waals surface area (Å²) in [4.78, 5) is 26.5. The Morgan fingerprint density at radius 3 is 2.54 bits per heavy atom. The third kappa shape index (κ3) is 4.45. The smallest absolute Gasteiger partial charge is 0.227 e. The van der Waals surface area contributed by atoms with Gasteiger partial charge in [0, 0.05) is 31.5 Å². The van der Waals surface area contributed by atoms with Crippen LogP contribution in [0.5, 0.6) is 0 Å². The molecule has 0 unspecified atom stereocenters. The first-order valence-corrected chi connectivity index (χ1v) is 9.96. The molecular formula is C23H27ClN2O2. The minimum atomic E-state index is 0. The van der Waals surface area contributed by atoms with Crippen LogP contribution in [0.25, 0.3) is 0 Å². The highest BCUT2D eigenvalue weighted by molar-refractivity contribution is 6.02. The van der Waals surface area contributed by atoms with E-state index < -0.39 is 0 Å². The molecule has 4 nitrogen and oxygen atoms in total. The van der Waals surface area contributed by atoms with Gasteiger partial charge in [-0.3, -0.25) is 9.59 Å². The Labute approximate surface area is 172 Å². The van der Waals surface area contributed by atoms with E-state index >= 15 is 0 Å². The van der Waals surface area contributed by atoms with Crippen LogP contribution in [-0.2, 0) is 24.2 Å². The van der Waals surface area contributed by atoms with E-state index in [0.29, 0.717) is 12.8 Å². The van der Waals surface area contributed by atoms with Gasteiger partial charge < -0.3 is 10.2 Å². The summed E-state index contributed by atoms with van der Waals surface area (Å²) in [7, 11) is 0. The minimum absolute atomic E-state index is 0. The van der Waals surface area contributed by atoms with Crippen LogP contribution in [0.15, 0.2) is 42.5 Å². The maximum absolute atomic E-state index is 12.6. The van der Waals surface area contributed by atoms with Crippen molar-refractivity contribution in [3.05, 3.63) is 64.7 Å². The van der Waals surface area contributed by atoms with Crippen molar-refractivity contribution in [1.29, 1.82) is 0 Å². The first-order chi connectivity index (χ1) is 13.2. The number of aryl methyl sites for hydroxylation is 1. The quantitative estimate of drug-likeness (QED) is 0.538. The number of hydrogen-bond donors (Lipinski definition) is 1. The number of nitrogens with one attached hydrogen (secondary N) is 1. The summed E-state index contributed by atoms with van der Waals surface area (Å²) in [6.07, 6.45) is 4.70. The van der Waals surface area contributed by atoms with E-state index in [2.05, 4.69) is 29.6 Å². The number of rotatable bonds is 8. The van der Waals surface area contributed by atoms with Gasteiger partial charge in [0.25, 0.3) is 0 Å². The normalized spacial score (nSPS) is 14.6. The Bertz CT molecular complexity index is 851. The first-order valence-electron chi connectivity index (χ1n) is 9.96. The zero-order valence-corrected chi connectivity index (χ0v) is 16.9. The lowest BCUT2D eigenvalue weighted by molar-refractivity contribution is -0.118. The van der Waals surface area contributed by atoms with Gasteiger partial charge >= 0.3 is 0 Å². The molecular weight excluding hydrogens is 372 g/mol. The molecule has 2 heterocycles. The number of nitrogens with zero attached hydrogens (tertiary/aromatic N) is 1. The van der Waals surface area contributed by atoms with Crippen molar-refractivity contribution in [2.75, 3.05) is 18.0 Å². The van der Waals surface area contributed by atoms with Crippen molar-refractivity contribution in [3.63, 3.8) is 0 Å². The third-order valence-corrected chi connectivity index (χ3v) is 5.55.